The molecule has 2 N–H and O–H groups in total. The van der Waals surface area contributed by atoms with Gasteiger partial charge in [-0.2, -0.15) is 0 Å². The van der Waals surface area contributed by atoms with E-state index in [0.29, 0.717) is 26.2 Å². The summed E-state index contributed by atoms with van der Waals surface area (Å²) in [6, 6.07) is 1.82. The lowest BCUT2D eigenvalue weighted by atomic mass is 10.2. The van der Waals surface area contributed by atoms with Crippen LogP contribution in [0.3, 0.4) is 0 Å². The minimum Gasteiger partial charge on any atom is -0.376 e. The molecule has 7 heteroatoms. The predicted octanol–water partition coefficient (Wildman–Crippen LogP) is 2.87. The molecule has 3 rings (SSSR count). The zero-order valence-electron chi connectivity index (χ0n) is 12.9. The fourth-order valence-corrected chi connectivity index (χ4v) is 3.07. The zero-order valence-corrected chi connectivity index (χ0v) is 12.9. The molecule has 0 aliphatic carbocycles. The molecule has 0 radical (unpaired) electrons. The summed E-state index contributed by atoms with van der Waals surface area (Å²) in [4.78, 5) is 13.5. The Bertz CT molecular complexity index is 547. The Morgan fingerprint density at radius 1 is 1.22 bits per heavy atom. The number of nitrogens with one attached hydrogen (secondary N) is 2. The fraction of sp³-hybridized carbons (Fsp3) is 0.562. The van der Waals surface area contributed by atoms with Gasteiger partial charge in [0.25, 0.3) is 0 Å². The van der Waals surface area contributed by atoms with Gasteiger partial charge in [0.05, 0.1) is 6.10 Å². The first-order valence-corrected chi connectivity index (χ1v) is 8.04. The van der Waals surface area contributed by atoms with Crippen molar-refractivity contribution in [1.29, 1.82) is 0 Å². The molecule has 1 aromatic carbocycles. The molecule has 2 heterocycles. The molecule has 2 saturated heterocycles. The first-order chi connectivity index (χ1) is 11.1. The molecule has 2 amide bonds. The molecule has 5 nitrogen and oxygen atoms in total. The van der Waals surface area contributed by atoms with Crippen molar-refractivity contribution in [3.8, 4) is 0 Å². The van der Waals surface area contributed by atoms with Gasteiger partial charge in [-0.1, -0.05) is 0 Å². The van der Waals surface area contributed by atoms with Crippen LogP contribution in [0.1, 0.15) is 25.7 Å². The Labute approximate surface area is 134 Å². The Balaban J connectivity index is 1.60. The number of halogens is 2. The lowest BCUT2D eigenvalue weighted by Crippen LogP contribution is -2.35. The van der Waals surface area contributed by atoms with Crippen molar-refractivity contribution in [2.24, 2.45) is 0 Å². The van der Waals surface area contributed by atoms with Crippen molar-refractivity contribution in [3.63, 3.8) is 0 Å². The van der Waals surface area contributed by atoms with Crippen molar-refractivity contribution >= 4 is 17.4 Å². The number of hydrogen-bond acceptors (Lipinski definition) is 3. The third-order valence-corrected chi connectivity index (χ3v) is 4.21. The molecule has 1 atom stereocenters. The average molecular weight is 325 g/mol. The van der Waals surface area contributed by atoms with Crippen LogP contribution < -0.4 is 15.5 Å². The summed E-state index contributed by atoms with van der Waals surface area (Å²) in [6.45, 7) is 2.41. The van der Waals surface area contributed by atoms with E-state index in [-0.39, 0.29) is 17.5 Å². The molecular formula is C16H21F2N3O2. The van der Waals surface area contributed by atoms with Crippen molar-refractivity contribution < 1.29 is 18.3 Å². The largest absolute Gasteiger partial charge is 0.376 e. The molecule has 0 bridgehead atoms. The molecular weight excluding hydrogens is 304 g/mol. The maximum atomic E-state index is 14.2. The van der Waals surface area contributed by atoms with Crippen molar-refractivity contribution in [1.82, 2.24) is 5.32 Å². The van der Waals surface area contributed by atoms with E-state index in [9.17, 15) is 13.6 Å². The second-order valence-corrected chi connectivity index (χ2v) is 5.95. The van der Waals surface area contributed by atoms with E-state index in [1.165, 1.54) is 0 Å². The highest BCUT2D eigenvalue weighted by Crippen LogP contribution is 2.29. The minimum absolute atomic E-state index is 0.00665. The van der Waals surface area contributed by atoms with Gasteiger partial charge in [0, 0.05) is 31.9 Å². The molecule has 2 fully saturated rings. The fourth-order valence-electron chi connectivity index (χ4n) is 3.07. The first-order valence-electron chi connectivity index (χ1n) is 8.04. The number of carbonyl (C=O) groups is 1. The smallest absolute Gasteiger partial charge is 0.319 e. The average Bonchev–Trinajstić information content (AvgIpc) is 3.18. The Morgan fingerprint density at radius 3 is 2.52 bits per heavy atom. The van der Waals surface area contributed by atoms with Gasteiger partial charge in [-0.3, -0.25) is 0 Å². The van der Waals surface area contributed by atoms with E-state index in [2.05, 4.69) is 10.6 Å². The molecule has 0 aromatic heterocycles. The maximum Gasteiger partial charge on any atom is 0.319 e. The SMILES string of the molecule is O=C(NC[C@H]1CCCO1)Nc1cc(F)c(N2CCCC2)c(F)c1. The van der Waals surface area contributed by atoms with E-state index < -0.39 is 17.7 Å². The van der Waals surface area contributed by atoms with Crippen LogP contribution in [0, 0.1) is 11.6 Å². The van der Waals surface area contributed by atoms with E-state index in [1.54, 1.807) is 4.90 Å². The van der Waals surface area contributed by atoms with Crippen molar-refractivity contribution in [2.45, 2.75) is 31.8 Å². The highest BCUT2D eigenvalue weighted by Gasteiger charge is 2.21. The van der Waals surface area contributed by atoms with Gasteiger partial charge in [-0.05, 0) is 37.8 Å². The predicted molar refractivity (Wildman–Crippen MR) is 83.8 cm³/mol. The number of urea groups is 1. The quantitative estimate of drug-likeness (QED) is 0.895. The summed E-state index contributed by atoms with van der Waals surface area (Å²) < 4.78 is 33.7. The zero-order chi connectivity index (χ0) is 16.2. The Morgan fingerprint density at radius 2 is 1.91 bits per heavy atom. The van der Waals surface area contributed by atoms with Crippen LogP contribution >= 0.6 is 0 Å². The summed E-state index contributed by atoms with van der Waals surface area (Å²) in [7, 11) is 0. The molecule has 2 aliphatic rings. The van der Waals surface area contributed by atoms with E-state index >= 15 is 0 Å². The van der Waals surface area contributed by atoms with Gasteiger partial charge in [-0.25, -0.2) is 13.6 Å². The minimum atomic E-state index is -0.652. The van der Waals surface area contributed by atoms with Crippen LogP contribution in [-0.2, 0) is 4.74 Å². The second kappa shape index (κ2) is 7.12. The first kappa shape index (κ1) is 16.0. The summed E-state index contributed by atoms with van der Waals surface area (Å²) >= 11 is 0. The van der Waals surface area contributed by atoms with Gasteiger partial charge >= 0.3 is 6.03 Å². The lowest BCUT2D eigenvalue weighted by molar-refractivity contribution is 0.112. The molecule has 23 heavy (non-hydrogen) atoms. The number of anilines is 2. The molecule has 0 saturated carbocycles. The van der Waals surface area contributed by atoms with Gasteiger partial charge < -0.3 is 20.3 Å². The second-order valence-electron chi connectivity index (χ2n) is 5.95. The summed E-state index contributed by atoms with van der Waals surface area (Å²) in [5, 5.41) is 5.11. The molecule has 1 aromatic rings. The van der Waals surface area contributed by atoms with Crippen molar-refractivity contribution in [3.05, 3.63) is 23.8 Å². The number of benzene rings is 1. The lowest BCUT2D eigenvalue weighted by Gasteiger charge is -2.20. The summed E-state index contributed by atoms with van der Waals surface area (Å²) in [5.74, 6) is -1.30. The van der Waals surface area contributed by atoms with Crippen LogP contribution in [-0.4, -0.2) is 38.4 Å². The topological polar surface area (TPSA) is 53.6 Å². The summed E-state index contributed by atoms with van der Waals surface area (Å²) in [6.07, 6.45) is 3.79. The molecule has 0 spiro atoms. The number of nitrogens with zero attached hydrogens (tertiary/aromatic N) is 1. The highest BCUT2D eigenvalue weighted by atomic mass is 19.1. The number of hydrogen-bond donors (Lipinski definition) is 2. The third-order valence-electron chi connectivity index (χ3n) is 4.21. The normalized spacial score (nSPS) is 20.8. The highest BCUT2D eigenvalue weighted by molar-refractivity contribution is 5.89. The maximum absolute atomic E-state index is 14.2. The molecule has 0 unspecified atom stereocenters. The molecule has 2 aliphatic heterocycles. The van der Waals surface area contributed by atoms with Crippen LogP contribution in [0.2, 0.25) is 0 Å². The van der Waals surface area contributed by atoms with Crippen LogP contribution in [0.15, 0.2) is 12.1 Å². The third kappa shape index (κ3) is 3.90. The van der Waals surface area contributed by atoms with Gasteiger partial charge in [0.2, 0.25) is 0 Å². The number of carbonyl (C=O) groups excluding carboxylic acids is 1. The number of amides is 2. The van der Waals surface area contributed by atoms with Gasteiger partial charge in [0.15, 0.2) is 11.6 Å². The van der Waals surface area contributed by atoms with Crippen LogP contribution in [0.4, 0.5) is 25.0 Å². The van der Waals surface area contributed by atoms with E-state index in [0.717, 1.165) is 37.8 Å². The van der Waals surface area contributed by atoms with Gasteiger partial charge in [0.1, 0.15) is 5.69 Å². The monoisotopic (exact) mass is 325 g/mol. The van der Waals surface area contributed by atoms with E-state index in [4.69, 9.17) is 4.74 Å². The Hall–Kier alpha value is -1.89. The van der Waals surface area contributed by atoms with Crippen LogP contribution in [0.5, 0.6) is 0 Å². The number of ether oxygens (including phenoxy) is 1. The van der Waals surface area contributed by atoms with E-state index in [1.807, 2.05) is 0 Å². The Kier molecular flexibility index (Phi) is 4.95. The van der Waals surface area contributed by atoms with Gasteiger partial charge in [-0.15, -0.1) is 0 Å². The standard InChI is InChI=1S/C16H21F2N3O2/c17-13-8-11(9-14(18)15(13)21-5-1-2-6-21)20-16(22)19-10-12-4-3-7-23-12/h8-9,12H,1-7,10H2,(H2,19,20,22)/t12-/m1/s1. The van der Waals surface area contributed by atoms with Crippen molar-refractivity contribution in [2.75, 3.05) is 36.5 Å². The number of rotatable bonds is 4. The summed E-state index contributed by atoms with van der Waals surface area (Å²) in [5.41, 5.74) is 0.0978. The van der Waals surface area contributed by atoms with Crippen LogP contribution in [0.25, 0.3) is 0 Å². The molecule has 126 valence electrons.